The van der Waals surface area contributed by atoms with Crippen molar-refractivity contribution >= 4 is 6.09 Å². The fourth-order valence-electron chi connectivity index (χ4n) is 3.30. The van der Waals surface area contributed by atoms with Crippen molar-refractivity contribution in [2.45, 2.75) is 59.1 Å². The molecule has 0 spiro atoms. The maximum atomic E-state index is 11.7. The molecule has 0 saturated heterocycles. The average Bonchev–Trinajstić information content (AvgIpc) is 2.23. The van der Waals surface area contributed by atoms with Crippen molar-refractivity contribution in [2.75, 3.05) is 13.2 Å². The van der Waals surface area contributed by atoms with Crippen LogP contribution in [0.25, 0.3) is 0 Å². The lowest BCUT2D eigenvalue weighted by Gasteiger charge is -2.46. The number of hydrogen-bond donors (Lipinski definition) is 3. The molecule has 0 aliphatic heterocycles. The van der Waals surface area contributed by atoms with Gasteiger partial charge in [-0.2, -0.15) is 0 Å². The molecule has 1 fully saturated rings. The lowest BCUT2D eigenvalue weighted by Crippen LogP contribution is -2.49. The largest absolute Gasteiger partial charge is 0.447 e. The summed E-state index contributed by atoms with van der Waals surface area (Å²) in [4.78, 5) is 11.7. The maximum Gasteiger partial charge on any atom is 0.407 e. The van der Waals surface area contributed by atoms with Crippen LogP contribution in [0.3, 0.4) is 0 Å². The van der Waals surface area contributed by atoms with Gasteiger partial charge in [0.1, 0.15) is 6.61 Å². The van der Waals surface area contributed by atoms with E-state index in [0.29, 0.717) is 6.54 Å². The van der Waals surface area contributed by atoms with Crippen molar-refractivity contribution < 1.29 is 14.6 Å². The molecule has 0 radical (unpaired) electrons. The molecule has 1 amide bonds. The second-order valence-corrected chi connectivity index (χ2v) is 7.05. The lowest BCUT2D eigenvalue weighted by molar-refractivity contribution is 0.0559. The summed E-state index contributed by atoms with van der Waals surface area (Å²) in [5, 5.41) is 12.0. The first-order chi connectivity index (χ1) is 8.66. The fourth-order valence-corrected chi connectivity index (χ4v) is 3.30. The van der Waals surface area contributed by atoms with E-state index < -0.39 is 12.2 Å². The topological polar surface area (TPSA) is 84.6 Å². The van der Waals surface area contributed by atoms with Crippen LogP contribution in [-0.2, 0) is 4.74 Å². The van der Waals surface area contributed by atoms with E-state index in [9.17, 15) is 4.79 Å². The SMILES string of the molecule is CC(O)COC(=O)NC1CC(C)(C)CC(C)(CN)C1. The van der Waals surface area contributed by atoms with E-state index in [0.717, 1.165) is 19.3 Å². The fraction of sp³-hybridized carbons (Fsp3) is 0.929. The molecule has 1 rings (SSSR count). The quantitative estimate of drug-likeness (QED) is 0.726. The summed E-state index contributed by atoms with van der Waals surface area (Å²) in [6.45, 7) is 8.81. The van der Waals surface area contributed by atoms with Crippen LogP contribution < -0.4 is 11.1 Å². The zero-order chi connectivity index (χ0) is 14.7. The number of aliphatic hydroxyl groups is 1. The number of aliphatic hydroxyl groups excluding tert-OH is 1. The summed E-state index contributed by atoms with van der Waals surface area (Å²) in [7, 11) is 0. The zero-order valence-electron chi connectivity index (χ0n) is 12.5. The molecule has 3 unspecified atom stereocenters. The van der Waals surface area contributed by atoms with Gasteiger partial charge in [0.2, 0.25) is 0 Å². The second-order valence-electron chi connectivity index (χ2n) is 7.05. The number of hydrogen-bond acceptors (Lipinski definition) is 4. The predicted molar refractivity (Wildman–Crippen MR) is 74.7 cm³/mol. The van der Waals surface area contributed by atoms with Gasteiger partial charge in [-0.1, -0.05) is 20.8 Å². The normalized spacial score (nSPS) is 31.6. The zero-order valence-corrected chi connectivity index (χ0v) is 12.5. The van der Waals surface area contributed by atoms with Crippen LogP contribution in [0.2, 0.25) is 0 Å². The summed E-state index contributed by atoms with van der Waals surface area (Å²) >= 11 is 0. The van der Waals surface area contributed by atoms with Crippen LogP contribution in [0.1, 0.15) is 47.0 Å². The summed E-state index contributed by atoms with van der Waals surface area (Å²) < 4.78 is 4.94. The Morgan fingerprint density at radius 2 is 2.11 bits per heavy atom. The molecule has 1 aliphatic carbocycles. The molecule has 1 aliphatic rings. The van der Waals surface area contributed by atoms with Gasteiger partial charge in [0.15, 0.2) is 0 Å². The third-order valence-corrected chi connectivity index (χ3v) is 3.71. The first-order valence-electron chi connectivity index (χ1n) is 6.97. The van der Waals surface area contributed by atoms with Crippen LogP contribution in [0.15, 0.2) is 0 Å². The van der Waals surface area contributed by atoms with Crippen LogP contribution in [-0.4, -0.2) is 36.5 Å². The molecule has 5 heteroatoms. The van der Waals surface area contributed by atoms with Gasteiger partial charge in [-0.15, -0.1) is 0 Å². The van der Waals surface area contributed by atoms with Gasteiger partial charge in [-0.05, 0) is 43.6 Å². The number of carbonyl (C=O) groups excluding carboxylic acids is 1. The molecular weight excluding hydrogens is 244 g/mol. The summed E-state index contributed by atoms with van der Waals surface area (Å²) in [5.74, 6) is 0. The highest BCUT2D eigenvalue weighted by molar-refractivity contribution is 5.67. The summed E-state index contributed by atoms with van der Waals surface area (Å²) in [6.07, 6.45) is 1.77. The van der Waals surface area contributed by atoms with E-state index in [-0.39, 0.29) is 23.5 Å². The van der Waals surface area contributed by atoms with Gasteiger partial charge in [0.25, 0.3) is 0 Å². The molecule has 0 heterocycles. The molecule has 0 aromatic rings. The number of amides is 1. The van der Waals surface area contributed by atoms with Crippen LogP contribution in [0, 0.1) is 10.8 Å². The molecule has 112 valence electrons. The van der Waals surface area contributed by atoms with Crippen LogP contribution >= 0.6 is 0 Å². The Morgan fingerprint density at radius 3 is 2.63 bits per heavy atom. The van der Waals surface area contributed by atoms with Crippen molar-refractivity contribution in [3.63, 3.8) is 0 Å². The molecule has 4 N–H and O–H groups in total. The third kappa shape index (κ3) is 5.37. The minimum absolute atomic E-state index is 0.0239. The van der Waals surface area contributed by atoms with E-state index in [1.54, 1.807) is 6.92 Å². The van der Waals surface area contributed by atoms with Crippen LogP contribution in [0.4, 0.5) is 4.79 Å². The monoisotopic (exact) mass is 272 g/mol. The molecule has 0 aromatic heterocycles. The van der Waals surface area contributed by atoms with Gasteiger partial charge in [0.05, 0.1) is 6.10 Å². The predicted octanol–water partition coefficient (Wildman–Crippen LogP) is 1.64. The standard InChI is InChI=1S/C14H28N2O3/c1-10(17)7-19-12(18)16-11-5-13(2,3)8-14(4,6-11)9-15/h10-11,17H,5-9,15H2,1-4H3,(H,16,18). The number of ether oxygens (including phenoxy) is 1. The number of alkyl carbamates (subject to hydrolysis) is 1. The molecule has 0 bridgehead atoms. The van der Waals surface area contributed by atoms with E-state index in [1.807, 2.05) is 0 Å². The Bertz CT molecular complexity index is 318. The summed E-state index contributed by atoms with van der Waals surface area (Å²) in [6, 6.07) is 0.0822. The van der Waals surface area contributed by atoms with Gasteiger partial charge in [0, 0.05) is 6.04 Å². The van der Waals surface area contributed by atoms with Crippen molar-refractivity contribution in [3.05, 3.63) is 0 Å². The highest BCUT2D eigenvalue weighted by atomic mass is 16.6. The molecule has 1 saturated carbocycles. The second kappa shape index (κ2) is 6.09. The van der Waals surface area contributed by atoms with E-state index >= 15 is 0 Å². The van der Waals surface area contributed by atoms with Gasteiger partial charge in [-0.3, -0.25) is 0 Å². The molecule has 0 aromatic carbocycles. The minimum atomic E-state index is -0.636. The first-order valence-corrected chi connectivity index (χ1v) is 6.97. The highest BCUT2D eigenvalue weighted by Gasteiger charge is 2.41. The Hall–Kier alpha value is -0.810. The smallest absolute Gasteiger partial charge is 0.407 e. The Labute approximate surface area is 115 Å². The molecule has 5 nitrogen and oxygen atoms in total. The molecule has 19 heavy (non-hydrogen) atoms. The van der Waals surface area contributed by atoms with Crippen molar-refractivity contribution in [1.82, 2.24) is 5.32 Å². The number of nitrogens with one attached hydrogen (secondary N) is 1. The van der Waals surface area contributed by atoms with E-state index in [4.69, 9.17) is 15.6 Å². The minimum Gasteiger partial charge on any atom is -0.447 e. The number of rotatable bonds is 4. The van der Waals surface area contributed by atoms with Crippen LogP contribution in [0.5, 0.6) is 0 Å². The van der Waals surface area contributed by atoms with Gasteiger partial charge < -0.3 is 20.9 Å². The van der Waals surface area contributed by atoms with E-state index in [2.05, 4.69) is 26.1 Å². The lowest BCUT2D eigenvalue weighted by atomic mass is 9.63. The molecule has 3 atom stereocenters. The van der Waals surface area contributed by atoms with Gasteiger partial charge >= 0.3 is 6.09 Å². The third-order valence-electron chi connectivity index (χ3n) is 3.71. The van der Waals surface area contributed by atoms with E-state index in [1.165, 1.54) is 0 Å². The Balaban J connectivity index is 2.55. The average molecular weight is 272 g/mol. The number of nitrogens with two attached hydrogens (primary N) is 1. The Morgan fingerprint density at radius 1 is 1.47 bits per heavy atom. The number of carbonyl (C=O) groups is 1. The van der Waals surface area contributed by atoms with Crippen molar-refractivity contribution in [1.29, 1.82) is 0 Å². The van der Waals surface area contributed by atoms with Gasteiger partial charge in [-0.25, -0.2) is 4.79 Å². The van der Waals surface area contributed by atoms with Crippen molar-refractivity contribution in [3.8, 4) is 0 Å². The highest BCUT2D eigenvalue weighted by Crippen LogP contribution is 2.45. The molecular formula is C14H28N2O3. The Kier molecular flexibility index (Phi) is 5.21. The summed E-state index contributed by atoms with van der Waals surface area (Å²) in [5.41, 5.74) is 6.09. The maximum absolute atomic E-state index is 11.7. The first kappa shape index (κ1) is 16.2. The van der Waals surface area contributed by atoms with Crippen molar-refractivity contribution in [2.24, 2.45) is 16.6 Å².